The van der Waals surface area contributed by atoms with Crippen LogP contribution in [0.4, 0.5) is 10.1 Å². The third kappa shape index (κ3) is 2.64. The van der Waals surface area contributed by atoms with Crippen LogP contribution in [0, 0.1) is 5.82 Å². The fourth-order valence-corrected chi connectivity index (χ4v) is 1.83. The molecular weight excluding hydrogens is 209 g/mol. The fourth-order valence-electron chi connectivity index (χ4n) is 1.83. The first-order valence-electron chi connectivity index (χ1n) is 5.47. The number of ether oxygens (including phenoxy) is 2. The Morgan fingerprint density at radius 2 is 2.12 bits per heavy atom. The van der Waals surface area contributed by atoms with Crippen molar-refractivity contribution in [2.75, 3.05) is 25.6 Å². The third-order valence-electron chi connectivity index (χ3n) is 2.74. The Morgan fingerprint density at radius 1 is 1.38 bits per heavy atom. The van der Waals surface area contributed by atoms with Gasteiger partial charge in [0.25, 0.3) is 0 Å². The minimum atomic E-state index is -0.334. The molecule has 1 aliphatic heterocycles. The van der Waals surface area contributed by atoms with E-state index in [0.29, 0.717) is 6.04 Å². The van der Waals surface area contributed by atoms with Gasteiger partial charge < -0.3 is 14.8 Å². The van der Waals surface area contributed by atoms with Gasteiger partial charge in [0.15, 0.2) is 11.6 Å². The van der Waals surface area contributed by atoms with Crippen LogP contribution >= 0.6 is 0 Å². The molecule has 0 bridgehead atoms. The number of rotatable bonds is 3. The van der Waals surface area contributed by atoms with Gasteiger partial charge in [0.05, 0.1) is 7.11 Å². The normalized spacial score (nSPS) is 17.1. The van der Waals surface area contributed by atoms with Crippen molar-refractivity contribution in [1.82, 2.24) is 0 Å². The highest BCUT2D eigenvalue weighted by Gasteiger charge is 2.13. The van der Waals surface area contributed by atoms with Gasteiger partial charge in [-0.05, 0) is 25.0 Å². The SMILES string of the molecule is COc1ccc(NC2CCOCC2)cc1F. The average molecular weight is 225 g/mol. The molecule has 4 heteroatoms. The van der Waals surface area contributed by atoms with E-state index in [1.807, 2.05) is 6.07 Å². The Balaban J connectivity index is 2.01. The zero-order valence-electron chi connectivity index (χ0n) is 9.33. The molecular formula is C12H16FNO2. The van der Waals surface area contributed by atoms with E-state index in [2.05, 4.69) is 5.32 Å². The molecule has 0 atom stereocenters. The summed E-state index contributed by atoms with van der Waals surface area (Å²) in [6, 6.07) is 5.31. The highest BCUT2D eigenvalue weighted by Crippen LogP contribution is 2.22. The minimum absolute atomic E-state index is 0.275. The Bertz CT molecular complexity index is 351. The van der Waals surface area contributed by atoms with Crippen molar-refractivity contribution in [3.05, 3.63) is 24.0 Å². The predicted molar refractivity (Wildman–Crippen MR) is 60.4 cm³/mol. The summed E-state index contributed by atoms with van der Waals surface area (Å²) in [4.78, 5) is 0. The monoisotopic (exact) mass is 225 g/mol. The van der Waals surface area contributed by atoms with Crippen molar-refractivity contribution in [1.29, 1.82) is 0 Å². The van der Waals surface area contributed by atoms with E-state index in [0.717, 1.165) is 31.7 Å². The third-order valence-corrected chi connectivity index (χ3v) is 2.74. The van der Waals surface area contributed by atoms with Crippen LogP contribution < -0.4 is 10.1 Å². The molecule has 0 amide bonds. The van der Waals surface area contributed by atoms with Gasteiger partial charge in [-0.1, -0.05) is 0 Å². The van der Waals surface area contributed by atoms with Crippen molar-refractivity contribution in [3.8, 4) is 5.75 Å². The zero-order chi connectivity index (χ0) is 11.4. The molecule has 0 saturated carbocycles. The number of methoxy groups -OCH3 is 1. The van der Waals surface area contributed by atoms with Gasteiger partial charge in [0.2, 0.25) is 0 Å². The zero-order valence-corrected chi connectivity index (χ0v) is 9.33. The van der Waals surface area contributed by atoms with Crippen LogP contribution in [-0.4, -0.2) is 26.4 Å². The van der Waals surface area contributed by atoms with Crippen LogP contribution in [0.5, 0.6) is 5.75 Å². The van der Waals surface area contributed by atoms with Crippen molar-refractivity contribution in [2.24, 2.45) is 0 Å². The van der Waals surface area contributed by atoms with E-state index in [1.165, 1.54) is 13.2 Å². The largest absolute Gasteiger partial charge is 0.494 e. The molecule has 2 rings (SSSR count). The second kappa shape index (κ2) is 5.16. The molecule has 1 N–H and O–H groups in total. The molecule has 1 aromatic carbocycles. The highest BCUT2D eigenvalue weighted by atomic mass is 19.1. The quantitative estimate of drug-likeness (QED) is 0.857. The molecule has 16 heavy (non-hydrogen) atoms. The van der Waals surface area contributed by atoms with E-state index in [1.54, 1.807) is 6.07 Å². The number of hydrogen-bond donors (Lipinski definition) is 1. The average Bonchev–Trinajstić information content (AvgIpc) is 2.31. The number of benzene rings is 1. The lowest BCUT2D eigenvalue weighted by molar-refractivity contribution is 0.0904. The maximum Gasteiger partial charge on any atom is 0.167 e. The summed E-state index contributed by atoms with van der Waals surface area (Å²) in [5.41, 5.74) is 0.796. The van der Waals surface area contributed by atoms with Crippen LogP contribution in [0.2, 0.25) is 0 Å². The molecule has 1 saturated heterocycles. The van der Waals surface area contributed by atoms with Crippen molar-refractivity contribution >= 4 is 5.69 Å². The van der Waals surface area contributed by atoms with E-state index in [4.69, 9.17) is 9.47 Å². The van der Waals surface area contributed by atoms with Crippen LogP contribution in [0.1, 0.15) is 12.8 Å². The molecule has 0 unspecified atom stereocenters. The lowest BCUT2D eigenvalue weighted by Gasteiger charge is -2.24. The summed E-state index contributed by atoms with van der Waals surface area (Å²) in [6.45, 7) is 1.55. The number of anilines is 1. The summed E-state index contributed by atoms with van der Waals surface area (Å²) >= 11 is 0. The highest BCUT2D eigenvalue weighted by molar-refractivity contribution is 5.48. The van der Waals surface area contributed by atoms with Gasteiger partial charge in [-0.3, -0.25) is 0 Å². The molecule has 0 aliphatic carbocycles. The van der Waals surface area contributed by atoms with Crippen LogP contribution in [0.25, 0.3) is 0 Å². The van der Waals surface area contributed by atoms with E-state index >= 15 is 0 Å². The predicted octanol–water partition coefficient (Wildman–Crippen LogP) is 2.43. The van der Waals surface area contributed by atoms with Crippen LogP contribution in [0.15, 0.2) is 18.2 Å². The van der Waals surface area contributed by atoms with Crippen molar-refractivity contribution in [2.45, 2.75) is 18.9 Å². The Hall–Kier alpha value is -1.29. The van der Waals surface area contributed by atoms with Gasteiger partial charge in [0, 0.05) is 31.0 Å². The maximum absolute atomic E-state index is 13.4. The maximum atomic E-state index is 13.4. The molecule has 0 aromatic heterocycles. The van der Waals surface area contributed by atoms with Gasteiger partial charge in [-0.25, -0.2) is 4.39 Å². The van der Waals surface area contributed by atoms with Gasteiger partial charge in [-0.15, -0.1) is 0 Å². The van der Waals surface area contributed by atoms with Crippen LogP contribution in [0.3, 0.4) is 0 Å². The molecule has 1 aromatic rings. The molecule has 88 valence electrons. The molecule has 0 spiro atoms. The van der Waals surface area contributed by atoms with Gasteiger partial charge in [-0.2, -0.15) is 0 Å². The summed E-state index contributed by atoms with van der Waals surface area (Å²) in [7, 11) is 1.46. The standard InChI is InChI=1S/C12H16FNO2/c1-15-12-3-2-10(8-11(12)13)14-9-4-6-16-7-5-9/h2-3,8-9,14H,4-7H2,1H3. The van der Waals surface area contributed by atoms with Crippen molar-refractivity contribution in [3.63, 3.8) is 0 Å². The first-order chi connectivity index (χ1) is 7.79. The Kier molecular flexibility index (Phi) is 3.62. The van der Waals surface area contributed by atoms with Gasteiger partial charge in [0.1, 0.15) is 0 Å². The lowest BCUT2D eigenvalue weighted by Crippen LogP contribution is -2.27. The first kappa shape index (κ1) is 11.2. The minimum Gasteiger partial charge on any atom is -0.494 e. The smallest absolute Gasteiger partial charge is 0.167 e. The molecule has 0 radical (unpaired) electrons. The molecule has 3 nitrogen and oxygen atoms in total. The van der Waals surface area contributed by atoms with E-state index in [-0.39, 0.29) is 11.6 Å². The fraction of sp³-hybridized carbons (Fsp3) is 0.500. The second-order valence-electron chi connectivity index (χ2n) is 3.88. The summed E-state index contributed by atoms with van der Waals surface area (Å²) < 4.78 is 23.5. The molecule has 1 aliphatic rings. The van der Waals surface area contributed by atoms with Crippen molar-refractivity contribution < 1.29 is 13.9 Å². The summed E-state index contributed by atoms with van der Waals surface area (Å²) in [5, 5.41) is 3.30. The first-order valence-corrected chi connectivity index (χ1v) is 5.47. The number of halogens is 1. The topological polar surface area (TPSA) is 30.5 Å². The second-order valence-corrected chi connectivity index (χ2v) is 3.88. The van der Waals surface area contributed by atoms with E-state index < -0.39 is 0 Å². The lowest BCUT2D eigenvalue weighted by atomic mass is 10.1. The Labute approximate surface area is 94.6 Å². The number of hydrogen-bond acceptors (Lipinski definition) is 3. The number of nitrogens with one attached hydrogen (secondary N) is 1. The summed E-state index contributed by atoms with van der Waals surface area (Å²) in [5.74, 6) is -0.0583. The molecule has 1 fully saturated rings. The van der Waals surface area contributed by atoms with E-state index in [9.17, 15) is 4.39 Å². The summed E-state index contributed by atoms with van der Waals surface area (Å²) in [6.07, 6.45) is 1.93. The van der Waals surface area contributed by atoms with Crippen LogP contribution in [-0.2, 0) is 4.74 Å². The van der Waals surface area contributed by atoms with Gasteiger partial charge >= 0.3 is 0 Å². The molecule has 1 heterocycles. The Morgan fingerprint density at radius 3 is 2.75 bits per heavy atom.